The molecule has 7 nitrogen and oxygen atoms in total. The summed E-state index contributed by atoms with van der Waals surface area (Å²) >= 11 is 0. The van der Waals surface area contributed by atoms with Crippen molar-refractivity contribution in [2.75, 3.05) is 38.6 Å². The first kappa shape index (κ1) is 27.8. The van der Waals surface area contributed by atoms with Gasteiger partial charge >= 0.3 is 12.2 Å². The van der Waals surface area contributed by atoms with Gasteiger partial charge in [0.1, 0.15) is 5.75 Å². The normalized spacial score (nSPS) is 13.7. The number of aromatic nitrogens is 1. The lowest BCUT2D eigenvalue weighted by molar-refractivity contribution is -0.137. The third-order valence-electron chi connectivity index (χ3n) is 7.15. The van der Waals surface area contributed by atoms with E-state index < -0.39 is 17.8 Å². The Kier molecular flexibility index (Phi) is 7.74. The van der Waals surface area contributed by atoms with Gasteiger partial charge in [-0.05, 0) is 55.5 Å². The molecule has 0 bridgehead atoms. The molecule has 1 fully saturated rings. The van der Waals surface area contributed by atoms with Crippen molar-refractivity contribution < 1.29 is 27.5 Å². The fourth-order valence-electron chi connectivity index (χ4n) is 4.99. The van der Waals surface area contributed by atoms with Gasteiger partial charge < -0.3 is 24.4 Å². The summed E-state index contributed by atoms with van der Waals surface area (Å²) < 4.78 is 46.6. The number of hydrogen-bond acceptors (Lipinski definition) is 3. The Hall–Kier alpha value is -4.73. The fraction of sp³-hybridized carbons (Fsp3) is 0.226. The van der Waals surface area contributed by atoms with Crippen LogP contribution < -0.4 is 10.1 Å². The van der Waals surface area contributed by atoms with Crippen LogP contribution in [0.3, 0.4) is 0 Å². The molecule has 1 aromatic heterocycles. The molecule has 3 aromatic carbocycles. The first-order chi connectivity index (χ1) is 19.7. The maximum Gasteiger partial charge on any atom is 0.416 e. The number of para-hydroxylation sites is 1. The lowest BCUT2D eigenvalue weighted by Crippen LogP contribution is -2.51. The maximum atomic E-state index is 13.7. The van der Waals surface area contributed by atoms with Crippen LogP contribution in [0.15, 0.2) is 84.9 Å². The first-order valence-electron chi connectivity index (χ1n) is 13.1. The molecular weight excluding hydrogens is 533 g/mol. The number of halogens is 3. The molecule has 41 heavy (non-hydrogen) atoms. The highest BCUT2D eigenvalue weighted by molar-refractivity contribution is 5.98. The first-order valence-corrected chi connectivity index (χ1v) is 13.1. The summed E-state index contributed by atoms with van der Waals surface area (Å²) in [5, 5.41) is 2.54. The largest absolute Gasteiger partial charge is 0.497 e. The zero-order valence-electron chi connectivity index (χ0n) is 22.6. The van der Waals surface area contributed by atoms with Gasteiger partial charge in [-0.1, -0.05) is 36.4 Å². The molecular formula is C31H29F3N4O3. The second-order valence-corrected chi connectivity index (χ2v) is 9.72. The van der Waals surface area contributed by atoms with E-state index in [1.807, 2.05) is 72.2 Å². The fourth-order valence-corrected chi connectivity index (χ4v) is 4.99. The molecule has 1 aliphatic rings. The van der Waals surface area contributed by atoms with Crippen LogP contribution in [0.1, 0.15) is 21.6 Å². The molecule has 2 heterocycles. The van der Waals surface area contributed by atoms with Crippen LogP contribution in [0.25, 0.3) is 16.9 Å². The van der Waals surface area contributed by atoms with Crippen molar-refractivity contribution in [3.05, 3.63) is 102 Å². The standard InChI is InChI=1S/C31H29F3N4O3/c1-21-27(20-28(22-8-6-13-26(18-22)41-2)38(21)25-11-4-3-5-12-25)29(39)36-14-16-37(17-15-36)30(40)35-24-10-7-9-23(19-24)31(32,33)34/h3-13,18-20H,14-17H2,1-2H3,(H,35,40). The highest BCUT2D eigenvalue weighted by Gasteiger charge is 2.31. The second kappa shape index (κ2) is 11.4. The maximum absolute atomic E-state index is 13.7. The Balaban J connectivity index is 1.33. The van der Waals surface area contributed by atoms with E-state index >= 15 is 0 Å². The molecule has 212 valence electrons. The summed E-state index contributed by atoms with van der Waals surface area (Å²) in [4.78, 5) is 29.7. The lowest BCUT2D eigenvalue weighted by Gasteiger charge is -2.34. The quantitative estimate of drug-likeness (QED) is 0.303. The zero-order valence-corrected chi connectivity index (χ0v) is 22.6. The molecule has 5 rings (SSSR count). The Labute approximate surface area is 235 Å². The topological polar surface area (TPSA) is 66.8 Å². The number of urea groups is 1. The van der Waals surface area contributed by atoms with Crippen molar-refractivity contribution in [1.82, 2.24) is 14.4 Å². The summed E-state index contributed by atoms with van der Waals surface area (Å²) in [5.74, 6) is 0.549. The molecule has 10 heteroatoms. The monoisotopic (exact) mass is 562 g/mol. The van der Waals surface area contributed by atoms with Crippen molar-refractivity contribution in [3.8, 4) is 22.7 Å². The zero-order chi connectivity index (χ0) is 29.1. The number of nitrogens with zero attached hydrogens (tertiary/aromatic N) is 3. The van der Waals surface area contributed by atoms with E-state index in [2.05, 4.69) is 5.32 Å². The summed E-state index contributed by atoms with van der Waals surface area (Å²) in [7, 11) is 1.61. The van der Waals surface area contributed by atoms with Crippen molar-refractivity contribution in [2.24, 2.45) is 0 Å². The minimum Gasteiger partial charge on any atom is -0.497 e. The molecule has 3 amide bonds. The van der Waals surface area contributed by atoms with E-state index in [0.717, 1.165) is 34.8 Å². The Bertz CT molecular complexity index is 1560. The number of ether oxygens (including phenoxy) is 1. The van der Waals surface area contributed by atoms with Crippen molar-refractivity contribution in [3.63, 3.8) is 0 Å². The molecule has 0 saturated carbocycles. The summed E-state index contributed by atoms with van der Waals surface area (Å²) in [6.45, 7) is 2.98. The smallest absolute Gasteiger partial charge is 0.416 e. The van der Waals surface area contributed by atoms with Crippen molar-refractivity contribution in [2.45, 2.75) is 13.1 Å². The van der Waals surface area contributed by atoms with E-state index in [1.54, 1.807) is 12.0 Å². The Morgan fingerprint density at radius 1 is 0.829 bits per heavy atom. The number of piperazine rings is 1. The van der Waals surface area contributed by atoms with Crippen LogP contribution in [0.2, 0.25) is 0 Å². The average Bonchev–Trinajstić information content (AvgIpc) is 3.34. The van der Waals surface area contributed by atoms with Crippen LogP contribution in [0.5, 0.6) is 5.75 Å². The third-order valence-corrected chi connectivity index (χ3v) is 7.15. The average molecular weight is 563 g/mol. The molecule has 0 atom stereocenters. The van der Waals surface area contributed by atoms with Gasteiger partial charge in [0.2, 0.25) is 0 Å². The van der Waals surface area contributed by atoms with E-state index in [9.17, 15) is 22.8 Å². The number of anilines is 1. The molecule has 0 aliphatic carbocycles. The molecule has 4 aromatic rings. The van der Waals surface area contributed by atoms with Gasteiger partial charge in [-0.2, -0.15) is 13.2 Å². The third kappa shape index (κ3) is 5.91. The highest BCUT2D eigenvalue weighted by Crippen LogP contribution is 2.33. The molecule has 1 saturated heterocycles. The number of carbonyl (C=O) groups excluding carboxylic acids is 2. The van der Waals surface area contributed by atoms with Gasteiger partial charge in [-0.3, -0.25) is 4.79 Å². The predicted molar refractivity (Wildman–Crippen MR) is 150 cm³/mol. The van der Waals surface area contributed by atoms with E-state index in [-0.39, 0.29) is 24.7 Å². The predicted octanol–water partition coefficient (Wildman–Crippen LogP) is 6.47. The number of amides is 3. The van der Waals surface area contributed by atoms with Crippen molar-refractivity contribution >= 4 is 17.6 Å². The van der Waals surface area contributed by atoms with Crippen LogP contribution in [0.4, 0.5) is 23.7 Å². The van der Waals surface area contributed by atoms with Gasteiger partial charge in [-0.15, -0.1) is 0 Å². The molecule has 0 unspecified atom stereocenters. The van der Waals surface area contributed by atoms with E-state index in [0.29, 0.717) is 24.4 Å². The lowest BCUT2D eigenvalue weighted by atomic mass is 10.1. The number of methoxy groups -OCH3 is 1. The number of nitrogens with one attached hydrogen (secondary N) is 1. The van der Waals surface area contributed by atoms with Crippen LogP contribution >= 0.6 is 0 Å². The minimum atomic E-state index is -4.50. The van der Waals surface area contributed by atoms with Gasteiger partial charge in [0.15, 0.2) is 0 Å². The van der Waals surface area contributed by atoms with Crippen molar-refractivity contribution in [1.29, 1.82) is 0 Å². The van der Waals surface area contributed by atoms with E-state index in [4.69, 9.17) is 4.74 Å². The number of carbonyl (C=O) groups is 2. The van der Waals surface area contributed by atoms with Gasteiger partial charge in [0.05, 0.1) is 23.9 Å². The number of alkyl halides is 3. The summed E-state index contributed by atoms with van der Waals surface area (Å²) in [6.07, 6.45) is -4.50. The summed E-state index contributed by atoms with van der Waals surface area (Å²) in [5.41, 5.74) is 3.21. The van der Waals surface area contributed by atoms with E-state index in [1.165, 1.54) is 17.0 Å². The Morgan fingerprint density at radius 3 is 2.20 bits per heavy atom. The Morgan fingerprint density at radius 2 is 1.51 bits per heavy atom. The van der Waals surface area contributed by atoms with Crippen LogP contribution in [-0.2, 0) is 6.18 Å². The second-order valence-electron chi connectivity index (χ2n) is 9.72. The molecule has 1 aliphatic heterocycles. The molecule has 1 N–H and O–H groups in total. The number of benzene rings is 3. The minimum absolute atomic E-state index is 0.0614. The van der Waals surface area contributed by atoms with Gasteiger partial charge in [0, 0.05) is 48.8 Å². The highest BCUT2D eigenvalue weighted by atomic mass is 19.4. The van der Waals surface area contributed by atoms with Gasteiger partial charge in [0.25, 0.3) is 5.91 Å². The van der Waals surface area contributed by atoms with Crippen LogP contribution in [0, 0.1) is 6.92 Å². The molecule has 0 radical (unpaired) electrons. The van der Waals surface area contributed by atoms with Gasteiger partial charge in [-0.25, -0.2) is 4.79 Å². The molecule has 0 spiro atoms. The number of rotatable bonds is 5. The summed E-state index contributed by atoms with van der Waals surface area (Å²) in [6, 6.07) is 23.3. The number of hydrogen-bond donors (Lipinski definition) is 1. The van der Waals surface area contributed by atoms with Crippen LogP contribution in [-0.4, -0.2) is 59.6 Å². The SMILES string of the molecule is COc1cccc(-c2cc(C(=O)N3CCN(C(=O)Nc4cccc(C(F)(F)F)c4)CC3)c(C)n2-c2ccccc2)c1.